The van der Waals surface area contributed by atoms with Gasteiger partial charge in [-0.05, 0) is 43.5 Å². The summed E-state index contributed by atoms with van der Waals surface area (Å²) in [5, 5.41) is 3.11. The first-order valence-corrected chi connectivity index (χ1v) is 9.05. The normalized spacial score (nSPS) is 11.5. The molecule has 1 N–H and O–H groups in total. The summed E-state index contributed by atoms with van der Waals surface area (Å²) in [6.07, 6.45) is 0.888. The minimum absolute atomic E-state index is 0.410. The lowest BCUT2D eigenvalue weighted by Crippen LogP contribution is -2.30. The zero-order chi connectivity index (χ0) is 18.4. The van der Waals surface area contributed by atoms with Gasteiger partial charge in [0.25, 0.3) is 5.91 Å². The molecule has 132 valence electrons. The Hall–Kier alpha value is -2.18. The third-order valence-electron chi connectivity index (χ3n) is 3.40. The van der Waals surface area contributed by atoms with Gasteiger partial charge in [-0.25, -0.2) is 4.79 Å². The number of rotatable bonds is 6. The van der Waals surface area contributed by atoms with Crippen LogP contribution in [0.4, 0.5) is 5.69 Å². The summed E-state index contributed by atoms with van der Waals surface area (Å²) in [6.45, 7) is 1.51. The number of carbonyl (C=O) groups is 2. The van der Waals surface area contributed by atoms with Crippen LogP contribution in [0.2, 0.25) is 5.02 Å². The summed E-state index contributed by atoms with van der Waals surface area (Å²) in [5.41, 5.74) is 0.836. The largest absolute Gasteiger partial charge is 0.495 e. The van der Waals surface area contributed by atoms with Gasteiger partial charge in [-0.1, -0.05) is 23.7 Å². The molecule has 2 aromatic carbocycles. The Morgan fingerprint density at radius 1 is 1.20 bits per heavy atom. The summed E-state index contributed by atoms with van der Waals surface area (Å²) in [7, 11) is 1.49. The van der Waals surface area contributed by atoms with Gasteiger partial charge in [0.1, 0.15) is 5.75 Å². The van der Waals surface area contributed by atoms with Crippen molar-refractivity contribution < 1.29 is 19.1 Å². The van der Waals surface area contributed by atoms with Crippen molar-refractivity contribution in [2.75, 3.05) is 18.7 Å². The average molecular weight is 380 g/mol. The van der Waals surface area contributed by atoms with Gasteiger partial charge < -0.3 is 14.8 Å². The Morgan fingerprint density at radius 2 is 1.92 bits per heavy atom. The van der Waals surface area contributed by atoms with Crippen molar-refractivity contribution in [2.24, 2.45) is 0 Å². The molecular weight excluding hydrogens is 362 g/mol. The lowest BCUT2D eigenvalue weighted by atomic mass is 10.2. The van der Waals surface area contributed by atoms with Gasteiger partial charge in [-0.3, -0.25) is 4.79 Å². The van der Waals surface area contributed by atoms with Crippen LogP contribution in [-0.4, -0.2) is 31.3 Å². The first kappa shape index (κ1) is 19.1. The standard InChI is InChI=1S/C18H18ClNO4S/c1-11(24-18(22)13-6-4-5-7-16(13)25-3)17(21)20-14-10-12(19)8-9-15(14)23-2/h4-11H,1-3H3,(H,20,21)/t11-/m1/s1. The number of hydrogen-bond acceptors (Lipinski definition) is 5. The fourth-order valence-corrected chi connectivity index (χ4v) is 2.86. The molecule has 0 aromatic heterocycles. The molecule has 0 heterocycles. The van der Waals surface area contributed by atoms with E-state index >= 15 is 0 Å². The van der Waals surface area contributed by atoms with Gasteiger partial charge in [-0.15, -0.1) is 11.8 Å². The summed E-state index contributed by atoms with van der Waals surface area (Å²) < 4.78 is 10.5. The number of nitrogens with one attached hydrogen (secondary N) is 1. The van der Waals surface area contributed by atoms with E-state index in [1.165, 1.54) is 25.8 Å². The number of carbonyl (C=O) groups excluding carboxylic acids is 2. The van der Waals surface area contributed by atoms with E-state index in [4.69, 9.17) is 21.1 Å². The molecule has 0 saturated carbocycles. The van der Waals surface area contributed by atoms with E-state index in [-0.39, 0.29) is 0 Å². The van der Waals surface area contributed by atoms with Gasteiger partial charge in [0, 0.05) is 9.92 Å². The second kappa shape index (κ2) is 8.78. The molecule has 7 heteroatoms. The van der Waals surface area contributed by atoms with Crippen LogP contribution in [0.15, 0.2) is 47.4 Å². The predicted molar refractivity (Wildman–Crippen MR) is 99.7 cm³/mol. The molecule has 2 aromatic rings. The average Bonchev–Trinajstić information content (AvgIpc) is 2.61. The molecular formula is C18H18ClNO4S. The molecule has 0 unspecified atom stereocenters. The second-order valence-corrected chi connectivity index (χ2v) is 6.37. The molecule has 0 radical (unpaired) electrons. The highest BCUT2D eigenvalue weighted by atomic mass is 35.5. The van der Waals surface area contributed by atoms with Crippen molar-refractivity contribution in [3.63, 3.8) is 0 Å². The lowest BCUT2D eigenvalue weighted by molar-refractivity contribution is -0.123. The topological polar surface area (TPSA) is 64.6 Å². The number of esters is 1. The highest BCUT2D eigenvalue weighted by molar-refractivity contribution is 7.98. The van der Waals surface area contributed by atoms with Crippen molar-refractivity contribution in [3.05, 3.63) is 53.1 Å². The third-order valence-corrected chi connectivity index (χ3v) is 4.43. The molecule has 2 rings (SSSR count). The number of ether oxygens (including phenoxy) is 2. The first-order chi connectivity index (χ1) is 12.0. The Morgan fingerprint density at radius 3 is 2.60 bits per heavy atom. The molecule has 0 spiro atoms. The number of halogens is 1. The molecule has 0 bridgehead atoms. The molecule has 25 heavy (non-hydrogen) atoms. The minimum Gasteiger partial charge on any atom is -0.495 e. The molecule has 0 saturated heterocycles. The smallest absolute Gasteiger partial charge is 0.340 e. The minimum atomic E-state index is -0.980. The van der Waals surface area contributed by atoms with Crippen molar-refractivity contribution in [1.82, 2.24) is 0 Å². The molecule has 0 aliphatic rings. The molecule has 0 aliphatic heterocycles. The second-order valence-electron chi connectivity index (χ2n) is 5.08. The van der Waals surface area contributed by atoms with Crippen LogP contribution in [0, 0.1) is 0 Å². The number of thioether (sulfide) groups is 1. The first-order valence-electron chi connectivity index (χ1n) is 7.44. The van der Waals surface area contributed by atoms with Gasteiger partial charge in [-0.2, -0.15) is 0 Å². The number of hydrogen-bond donors (Lipinski definition) is 1. The van der Waals surface area contributed by atoms with Crippen LogP contribution in [0.25, 0.3) is 0 Å². The van der Waals surface area contributed by atoms with Crippen LogP contribution in [0.5, 0.6) is 5.75 Å². The summed E-state index contributed by atoms with van der Waals surface area (Å²) in [5.74, 6) is -0.565. The third kappa shape index (κ3) is 4.90. The van der Waals surface area contributed by atoms with Crippen LogP contribution >= 0.6 is 23.4 Å². The van der Waals surface area contributed by atoms with Crippen molar-refractivity contribution in [1.29, 1.82) is 0 Å². The summed E-state index contributed by atoms with van der Waals surface area (Å²) in [6, 6.07) is 11.9. The van der Waals surface area contributed by atoms with Crippen LogP contribution in [-0.2, 0) is 9.53 Å². The number of amides is 1. The Bertz CT molecular complexity index is 781. The quantitative estimate of drug-likeness (QED) is 0.600. The maximum atomic E-state index is 12.3. The fourth-order valence-electron chi connectivity index (χ4n) is 2.10. The molecule has 1 amide bonds. The van der Waals surface area contributed by atoms with E-state index in [1.54, 1.807) is 30.3 Å². The van der Waals surface area contributed by atoms with Crippen molar-refractivity contribution in [2.45, 2.75) is 17.9 Å². The molecule has 1 atom stereocenters. The Kier molecular flexibility index (Phi) is 6.73. The van der Waals surface area contributed by atoms with Crippen LogP contribution in [0.3, 0.4) is 0 Å². The highest BCUT2D eigenvalue weighted by Gasteiger charge is 2.21. The van der Waals surface area contributed by atoms with E-state index in [2.05, 4.69) is 5.32 Å². The fraction of sp³-hybridized carbons (Fsp3) is 0.222. The van der Waals surface area contributed by atoms with E-state index in [1.807, 2.05) is 18.4 Å². The van der Waals surface area contributed by atoms with E-state index in [9.17, 15) is 9.59 Å². The van der Waals surface area contributed by atoms with Crippen LogP contribution in [0.1, 0.15) is 17.3 Å². The van der Waals surface area contributed by atoms with Gasteiger partial charge in [0.2, 0.25) is 0 Å². The maximum absolute atomic E-state index is 12.3. The zero-order valence-electron chi connectivity index (χ0n) is 14.0. The van der Waals surface area contributed by atoms with E-state index in [0.29, 0.717) is 22.0 Å². The van der Waals surface area contributed by atoms with Crippen molar-refractivity contribution in [3.8, 4) is 5.75 Å². The van der Waals surface area contributed by atoms with Crippen LogP contribution < -0.4 is 10.1 Å². The maximum Gasteiger partial charge on any atom is 0.340 e. The Balaban J connectivity index is 2.08. The van der Waals surface area contributed by atoms with E-state index < -0.39 is 18.0 Å². The SMILES string of the molecule is COc1ccc(Cl)cc1NC(=O)[C@@H](C)OC(=O)c1ccccc1SC. The summed E-state index contributed by atoms with van der Waals surface area (Å²) in [4.78, 5) is 25.4. The van der Waals surface area contributed by atoms with Gasteiger partial charge in [0.15, 0.2) is 6.10 Å². The molecule has 0 aliphatic carbocycles. The van der Waals surface area contributed by atoms with E-state index in [0.717, 1.165) is 4.90 Å². The predicted octanol–water partition coefficient (Wildman–Crippen LogP) is 4.25. The molecule has 0 fully saturated rings. The lowest BCUT2D eigenvalue weighted by Gasteiger charge is -2.16. The monoisotopic (exact) mass is 379 g/mol. The number of anilines is 1. The molecule has 5 nitrogen and oxygen atoms in total. The van der Waals surface area contributed by atoms with Gasteiger partial charge >= 0.3 is 5.97 Å². The Labute approximate surface area is 155 Å². The van der Waals surface area contributed by atoms with Crippen molar-refractivity contribution >= 4 is 40.9 Å². The summed E-state index contributed by atoms with van der Waals surface area (Å²) >= 11 is 7.38. The zero-order valence-corrected chi connectivity index (χ0v) is 15.6. The highest BCUT2D eigenvalue weighted by Crippen LogP contribution is 2.28. The van der Waals surface area contributed by atoms with Gasteiger partial charge in [0.05, 0.1) is 18.4 Å². The number of benzene rings is 2. The number of methoxy groups -OCH3 is 1.